The van der Waals surface area contributed by atoms with Gasteiger partial charge in [-0.25, -0.2) is 12.3 Å². The first-order valence-electron chi connectivity index (χ1n) is 8.57. The number of carbonyl (C=O) groups excluding carboxylic acids is 2. The van der Waals surface area contributed by atoms with E-state index < -0.39 is 0 Å². The van der Waals surface area contributed by atoms with Gasteiger partial charge in [-0.05, 0) is 0 Å². The summed E-state index contributed by atoms with van der Waals surface area (Å²) in [6.45, 7) is 26.9. The molecule has 0 spiro atoms. The summed E-state index contributed by atoms with van der Waals surface area (Å²) >= 11 is 0. The Morgan fingerprint density at radius 3 is 0.800 bits per heavy atom. The summed E-state index contributed by atoms with van der Waals surface area (Å²) in [5.41, 5.74) is 0. The van der Waals surface area contributed by atoms with Gasteiger partial charge in [0.15, 0.2) is 0 Å². The van der Waals surface area contributed by atoms with Crippen molar-refractivity contribution in [2.24, 2.45) is 11.8 Å². The number of nitrogens with zero attached hydrogens (tertiary/aromatic N) is 4. The van der Waals surface area contributed by atoms with Crippen LogP contribution in [0.1, 0.15) is 55.4 Å². The molecule has 0 bridgehead atoms. The van der Waals surface area contributed by atoms with Crippen LogP contribution in [-0.2, 0) is 29.1 Å². The van der Waals surface area contributed by atoms with E-state index in [1.54, 1.807) is 0 Å². The smallest absolute Gasteiger partial charge is 0.678 e. The Labute approximate surface area is 169 Å². The largest absolute Gasteiger partial charge is 6.00 e. The van der Waals surface area contributed by atoms with Crippen LogP contribution in [0, 0.1) is 11.8 Å². The van der Waals surface area contributed by atoms with Crippen molar-refractivity contribution in [3.8, 4) is 0 Å². The van der Waals surface area contributed by atoms with Gasteiger partial charge in [-0.1, -0.05) is 67.2 Å². The molecule has 0 N–H and O–H groups in total. The van der Waals surface area contributed by atoms with Crippen molar-refractivity contribution in [1.29, 1.82) is 0 Å². The molecule has 0 unspecified atom stereocenters. The molecular weight excluding hydrogens is 405 g/mol. The molecule has 0 aromatic heterocycles. The molecular formula is C18H38N4O2Ru. The van der Waals surface area contributed by atoms with E-state index in [0.717, 1.165) is 26.2 Å². The molecule has 0 fully saturated rings. The maximum absolute atomic E-state index is 7.75. The van der Waals surface area contributed by atoms with Crippen molar-refractivity contribution < 1.29 is 29.1 Å². The van der Waals surface area contributed by atoms with Crippen molar-refractivity contribution in [1.82, 2.24) is 0 Å². The minimum atomic E-state index is 0. The van der Waals surface area contributed by atoms with Crippen LogP contribution in [0.25, 0.3) is 21.3 Å². The average molecular weight is 444 g/mol. The van der Waals surface area contributed by atoms with Crippen LogP contribution in [-0.4, -0.2) is 52.1 Å². The zero-order valence-electron chi connectivity index (χ0n) is 17.3. The van der Waals surface area contributed by atoms with E-state index in [-0.39, 0.29) is 31.8 Å². The summed E-state index contributed by atoms with van der Waals surface area (Å²) in [6, 6.07) is 0. The Balaban J connectivity index is -0.0000000858. The van der Waals surface area contributed by atoms with Gasteiger partial charge < -0.3 is 30.9 Å². The van der Waals surface area contributed by atoms with Crippen LogP contribution in [0.2, 0.25) is 0 Å². The SMILES string of the molecule is CC[N-]C([N-]CC)C(C)C.CC[N-]C([N-]CC)C(C)C.[CH-]=O.[CH-]=O.[Ru+6]. The molecule has 0 aromatic rings. The molecule has 150 valence electrons. The van der Waals surface area contributed by atoms with Crippen LogP contribution < -0.4 is 0 Å². The van der Waals surface area contributed by atoms with E-state index in [4.69, 9.17) is 9.59 Å². The molecule has 0 heterocycles. The van der Waals surface area contributed by atoms with Gasteiger partial charge in [0.1, 0.15) is 0 Å². The van der Waals surface area contributed by atoms with E-state index in [1.807, 2.05) is 0 Å². The van der Waals surface area contributed by atoms with Crippen molar-refractivity contribution in [3.63, 3.8) is 0 Å². The molecule has 7 heteroatoms. The fraction of sp³-hybridized carbons (Fsp3) is 0.889. The molecule has 0 aromatic carbocycles. The average Bonchev–Trinajstić information content (AvgIpc) is 2.58. The fourth-order valence-corrected chi connectivity index (χ4v) is 1.71. The maximum Gasteiger partial charge on any atom is 6.00 e. The normalized spacial score (nSPS) is 9.44. The van der Waals surface area contributed by atoms with Crippen LogP contribution in [0.15, 0.2) is 0 Å². The Kier molecular flexibility index (Phi) is 45.2. The second kappa shape index (κ2) is 31.6. The Hall–Kier alpha value is -0.197. The minimum Gasteiger partial charge on any atom is -0.678 e. The van der Waals surface area contributed by atoms with E-state index in [0.29, 0.717) is 11.8 Å². The van der Waals surface area contributed by atoms with Gasteiger partial charge in [-0.3, -0.25) is 13.6 Å². The molecule has 0 saturated carbocycles. The third-order valence-corrected chi connectivity index (χ3v) is 2.67. The monoisotopic (exact) mass is 444 g/mol. The van der Waals surface area contributed by atoms with E-state index in [2.05, 4.69) is 90.2 Å². The van der Waals surface area contributed by atoms with Gasteiger partial charge in [0, 0.05) is 0 Å². The molecule has 0 rings (SSSR count). The first kappa shape index (κ1) is 35.8. The predicted octanol–water partition coefficient (Wildman–Crippen LogP) is 4.96. The summed E-state index contributed by atoms with van der Waals surface area (Å²) in [5, 5.41) is 17.4. The summed E-state index contributed by atoms with van der Waals surface area (Å²) in [7, 11) is 0. The summed E-state index contributed by atoms with van der Waals surface area (Å²) in [5.74, 6) is 1.11. The third kappa shape index (κ3) is 28.9. The molecule has 0 aliphatic rings. The quantitative estimate of drug-likeness (QED) is 0.271. The first-order valence-corrected chi connectivity index (χ1v) is 8.57. The van der Waals surface area contributed by atoms with Gasteiger partial charge in [0.25, 0.3) is 0 Å². The van der Waals surface area contributed by atoms with E-state index >= 15 is 0 Å². The first-order chi connectivity index (χ1) is 11.4. The second-order valence-corrected chi connectivity index (χ2v) is 5.31. The standard InChI is InChI=1S/2C8H18N2.2CHO.Ru/c2*1-5-9-8(7(3)4)10-6-2;2*1-2;/h2*7-8H,5-6H2,1-4H3;2*1H;/q2*-2;2*-1;+6. The van der Waals surface area contributed by atoms with Gasteiger partial charge >= 0.3 is 19.5 Å². The fourth-order valence-electron chi connectivity index (χ4n) is 1.71. The molecule has 25 heavy (non-hydrogen) atoms. The molecule has 0 amide bonds. The molecule has 0 radical (unpaired) electrons. The Bertz CT molecular complexity index is 189. The molecule has 6 nitrogen and oxygen atoms in total. The summed E-state index contributed by atoms with van der Waals surface area (Å²) < 4.78 is 0. The Morgan fingerprint density at radius 2 is 0.720 bits per heavy atom. The van der Waals surface area contributed by atoms with Crippen molar-refractivity contribution in [3.05, 3.63) is 21.3 Å². The predicted molar refractivity (Wildman–Crippen MR) is 106 cm³/mol. The number of hydrogen-bond donors (Lipinski definition) is 0. The van der Waals surface area contributed by atoms with Gasteiger partial charge in [0.2, 0.25) is 0 Å². The van der Waals surface area contributed by atoms with Crippen LogP contribution >= 0.6 is 0 Å². The minimum absolute atomic E-state index is 0. The topological polar surface area (TPSA) is 90.5 Å². The number of hydrogen-bond acceptors (Lipinski definition) is 2. The van der Waals surface area contributed by atoms with Crippen molar-refractivity contribution in [2.75, 3.05) is 26.2 Å². The van der Waals surface area contributed by atoms with Gasteiger partial charge in [-0.2, -0.15) is 26.2 Å². The molecule has 0 atom stereocenters. The Morgan fingerprint density at radius 1 is 0.560 bits per heavy atom. The van der Waals surface area contributed by atoms with Crippen LogP contribution in [0.3, 0.4) is 0 Å². The molecule has 0 aliphatic carbocycles. The van der Waals surface area contributed by atoms with Gasteiger partial charge in [0.05, 0.1) is 0 Å². The van der Waals surface area contributed by atoms with Crippen LogP contribution in [0.4, 0.5) is 0 Å². The molecule has 0 saturated heterocycles. The zero-order chi connectivity index (χ0) is 20.0. The van der Waals surface area contributed by atoms with Crippen LogP contribution in [0.5, 0.6) is 0 Å². The van der Waals surface area contributed by atoms with Crippen molar-refractivity contribution >= 4 is 13.6 Å². The summed E-state index contributed by atoms with van der Waals surface area (Å²) in [6.07, 6.45) is 0.463. The number of rotatable bonds is 10. The van der Waals surface area contributed by atoms with Gasteiger partial charge in [-0.15, -0.1) is 0 Å². The van der Waals surface area contributed by atoms with E-state index in [9.17, 15) is 0 Å². The zero-order valence-corrected chi connectivity index (χ0v) is 19.0. The van der Waals surface area contributed by atoms with Crippen molar-refractivity contribution in [2.45, 2.75) is 67.7 Å². The third-order valence-electron chi connectivity index (χ3n) is 2.67. The van der Waals surface area contributed by atoms with E-state index in [1.165, 1.54) is 0 Å². The molecule has 0 aliphatic heterocycles. The maximum atomic E-state index is 7.75. The summed E-state index contributed by atoms with van der Waals surface area (Å²) in [4.78, 5) is 15.5. The second-order valence-electron chi connectivity index (χ2n) is 5.31.